The van der Waals surface area contributed by atoms with E-state index in [9.17, 15) is 9.90 Å². The molecule has 116 valence electrons. The van der Waals surface area contributed by atoms with Crippen LogP contribution in [0.1, 0.15) is 6.92 Å². The molecule has 0 saturated heterocycles. The summed E-state index contributed by atoms with van der Waals surface area (Å²) in [6, 6.07) is 11.9. The number of nitrogens with zero attached hydrogens (tertiary/aromatic N) is 3. The van der Waals surface area contributed by atoms with Crippen molar-refractivity contribution >= 4 is 51.9 Å². The van der Waals surface area contributed by atoms with Crippen LogP contribution in [-0.2, 0) is 4.79 Å². The molecule has 0 aliphatic carbocycles. The van der Waals surface area contributed by atoms with Crippen molar-refractivity contribution in [3.8, 4) is 5.75 Å². The van der Waals surface area contributed by atoms with Gasteiger partial charge in [-0.05, 0) is 31.2 Å². The van der Waals surface area contributed by atoms with Crippen molar-refractivity contribution in [1.82, 2.24) is 0 Å². The van der Waals surface area contributed by atoms with Crippen LogP contribution in [-0.4, -0.2) is 22.4 Å². The second-order valence-corrected chi connectivity index (χ2v) is 5.67. The highest BCUT2D eigenvalue weighted by atomic mass is 35.5. The number of phenols is 1. The van der Waals surface area contributed by atoms with E-state index >= 15 is 0 Å². The van der Waals surface area contributed by atoms with Crippen molar-refractivity contribution in [3.05, 3.63) is 52.5 Å². The molecule has 23 heavy (non-hydrogen) atoms. The van der Waals surface area contributed by atoms with Crippen LogP contribution in [0, 0.1) is 0 Å². The summed E-state index contributed by atoms with van der Waals surface area (Å²) in [6.07, 6.45) is 0. The van der Waals surface area contributed by atoms with E-state index in [-0.39, 0.29) is 27.4 Å². The summed E-state index contributed by atoms with van der Waals surface area (Å²) < 4.78 is 0. The summed E-state index contributed by atoms with van der Waals surface area (Å²) in [5.41, 5.74) is 1.71. The highest BCUT2D eigenvalue weighted by Crippen LogP contribution is 2.36. The molecule has 1 amide bonds. The number of carbonyl (C=O) groups excluding carboxylic acids is 1. The summed E-state index contributed by atoms with van der Waals surface area (Å²) in [4.78, 5) is 16.8. The van der Waals surface area contributed by atoms with Crippen molar-refractivity contribution < 1.29 is 9.90 Å². The summed E-state index contributed by atoms with van der Waals surface area (Å²) in [7, 11) is 0. The van der Waals surface area contributed by atoms with E-state index in [0.717, 1.165) is 0 Å². The molecule has 0 aromatic heterocycles. The number of aliphatic imine (C=N–C) groups is 1. The zero-order valence-corrected chi connectivity index (χ0v) is 13.5. The molecule has 0 saturated carbocycles. The number of halogens is 2. The van der Waals surface area contributed by atoms with Gasteiger partial charge in [-0.2, -0.15) is 10.1 Å². The monoisotopic (exact) mass is 347 g/mol. The van der Waals surface area contributed by atoms with Crippen molar-refractivity contribution in [2.45, 2.75) is 6.92 Å². The fourth-order valence-electron chi connectivity index (χ4n) is 2.12. The molecule has 5 nitrogen and oxygen atoms in total. The molecule has 0 spiro atoms. The average molecular weight is 348 g/mol. The van der Waals surface area contributed by atoms with E-state index < -0.39 is 0 Å². The molecule has 3 rings (SSSR count). The van der Waals surface area contributed by atoms with Crippen LogP contribution in [0.3, 0.4) is 0 Å². The molecule has 0 unspecified atom stereocenters. The predicted octanol–water partition coefficient (Wildman–Crippen LogP) is 4.19. The minimum absolute atomic E-state index is 0.0665. The Morgan fingerprint density at radius 1 is 1.13 bits per heavy atom. The van der Waals surface area contributed by atoms with Gasteiger partial charge in [0.2, 0.25) is 0 Å². The second-order valence-electron chi connectivity index (χ2n) is 4.86. The number of rotatable bonds is 2. The standard InChI is InChI=1S/C16H11Cl2N3O2/c1-9-14(19-10-7-12(17)15(22)13(18)8-10)16(23)21(20-9)11-5-3-2-4-6-11/h2-8,22H,1H3. The highest BCUT2D eigenvalue weighted by molar-refractivity contribution is 6.71. The normalized spacial score (nSPS) is 16.1. The molecular weight excluding hydrogens is 337 g/mol. The summed E-state index contributed by atoms with van der Waals surface area (Å²) in [5, 5.41) is 15.2. The lowest BCUT2D eigenvalue weighted by Crippen LogP contribution is -2.27. The number of carbonyl (C=O) groups is 1. The molecular formula is C16H11Cl2N3O2. The van der Waals surface area contributed by atoms with Gasteiger partial charge in [-0.25, -0.2) is 4.99 Å². The van der Waals surface area contributed by atoms with Crippen LogP contribution in [0.4, 0.5) is 11.4 Å². The van der Waals surface area contributed by atoms with Crippen LogP contribution in [0.5, 0.6) is 5.75 Å². The number of benzene rings is 2. The van der Waals surface area contributed by atoms with Gasteiger partial charge in [0.1, 0.15) is 0 Å². The highest BCUT2D eigenvalue weighted by Gasteiger charge is 2.30. The van der Waals surface area contributed by atoms with E-state index in [1.165, 1.54) is 17.1 Å². The van der Waals surface area contributed by atoms with Crippen molar-refractivity contribution in [2.75, 3.05) is 5.01 Å². The summed E-state index contributed by atoms with van der Waals surface area (Å²) >= 11 is 11.7. The number of anilines is 1. The SMILES string of the molecule is CC1=NN(c2ccccc2)C(=O)C1=Nc1cc(Cl)c(O)c(Cl)c1. The third-order valence-electron chi connectivity index (χ3n) is 3.23. The van der Waals surface area contributed by atoms with E-state index in [4.69, 9.17) is 23.2 Å². The lowest BCUT2D eigenvalue weighted by molar-refractivity contribution is -0.112. The van der Waals surface area contributed by atoms with Crippen LogP contribution in [0.15, 0.2) is 52.6 Å². The van der Waals surface area contributed by atoms with E-state index in [2.05, 4.69) is 10.1 Å². The molecule has 1 N–H and O–H groups in total. The maximum absolute atomic E-state index is 12.5. The Hall–Kier alpha value is -2.37. The largest absolute Gasteiger partial charge is 0.505 e. The predicted molar refractivity (Wildman–Crippen MR) is 92.3 cm³/mol. The van der Waals surface area contributed by atoms with Crippen LogP contribution in [0.2, 0.25) is 10.0 Å². The number of phenolic OH excluding ortho intramolecular Hbond substituents is 1. The molecule has 0 fully saturated rings. The number of hydrogen-bond donors (Lipinski definition) is 1. The molecule has 0 radical (unpaired) electrons. The smallest absolute Gasteiger partial charge is 0.299 e. The van der Waals surface area contributed by atoms with Gasteiger partial charge < -0.3 is 5.11 Å². The Bertz CT molecular complexity index is 825. The molecule has 2 aromatic rings. The number of hydrogen-bond acceptors (Lipinski definition) is 4. The third kappa shape index (κ3) is 2.93. The quantitative estimate of drug-likeness (QED) is 0.884. The van der Waals surface area contributed by atoms with Gasteiger partial charge in [0, 0.05) is 0 Å². The average Bonchev–Trinajstić information content (AvgIpc) is 2.81. The molecule has 0 bridgehead atoms. The Balaban J connectivity index is 1.99. The number of hydrazone groups is 1. The van der Waals surface area contributed by atoms with Gasteiger partial charge in [0.15, 0.2) is 11.5 Å². The van der Waals surface area contributed by atoms with Crippen LogP contribution >= 0.6 is 23.2 Å². The van der Waals surface area contributed by atoms with E-state index in [0.29, 0.717) is 17.1 Å². The van der Waals surface area contributed by atoms with Crippen molar-refractivity contribution in [1.29, 1.82) is 0 Å². The number of aromatic hydroxyl groups is 1. The van der Waals surface area contributed by atoms with Gasteiger partial charge in [-0.1, -0.05) is 41.4 Å². The summed E-state index contributed by atoms with van der Waals surface area (Å²) in [6.45, 7) is 1.70. The van der Waals surface area contributed by atoms with Crippen molar-refractivity contribution in [2.24, 2.45) is 10.1 Å². The van der Waals surface area contributed by atoms with E-state index in [1.54, 1.807) is 19.1 Å². The third-order valence-corrected chi connectivity index (χ3v) is 3.81. The Kier molecular flexibility index (Phi) is 4.07. The fourth-order valence-corrected chi connectivity index (χ4v) is 2.59. The minimum atomic E-state index is -0.339. The van der Waals surface area contributed by atoms with E-state index in [1.807, 2.05) is 18.2 Å². The molecule has 1 heterocycles. The second kappa shape index (κ2) is 6.02. The lowest BCUT2D eigenvalue weighted by Gasteiger charge is -2.10. The maximum Gasteiger partial charge on any atom is 0.299 e. The minimum Gasteiger partial charge on any atom is -0.505 e. The number of para-hydroxylation sites is 1. The number of amides is 1. The Morgan fingerprint density at radius 3 is 2.35 bits per heavy atom. The van der Waals surface area contributed by atoms with Gasteiger partial charge in [-0.15, -0.1) is 0 Å². The van der Waals surface area contributed by atoms with Crippen LogP contribution in [0.25, 0.3) is 0 Å². The van der Waals surface area contributed by atoms with Gasteiger partial charge in [-0.3, -0.25) is 4.79 Å². The lowest BCUT2D eigenvalue weighted by atomic mass is 10.2. The van der Waals surface area contributed by atoms with Gasteiger partial charge in [0.25, 0.3) is 5.91 Å². The Labute approximate surface area is 142 Å². The maximum atomic E-state index is 12.5. The first-order chi connectivity index (χ1) is 11.0. The first-order valence-electron chi connectivity index (χ1n) is 6.69. The first-order valence-corrected chi connectivity index (χ1v) is 7.45. The molecule has 0 atom stereocenters. The first kappa shape index (κ1) is 15.5. The molecule has 1 aliphatic rings. The van der Waals surface area contributed by atoms with Gasteiger partial charge in [0.05, 0.1) is 27.1 Å². The van der Waals surface area contributed by atoms with Crippen molar-refractivity contribution in [3.63, 3.8) is 0 Å². The molecule has 1 aliphatic heterocycles. The summed E-state index contributed by atoms with van der Waals surface area (Å²) in [5.74, 6) is -0.555. The zero-order chi connectivity index (χ0) is 16.6. The molecule has 2 aromatic carbocycles. The molecule has 7 heteroatoms. The van der Waals surface area contributed by atoms with Crippen LogP contribution < -0.4 is 5.01 Å². The zero-order valence-electron chi connectivity index (χ0n) is 12.0. The fraction of sp³-hybridized carbons (Fsp3) is 0.0625. The van der Waals surface area contributed by atoms with Gasteiger partial charge >= 0.3 is 0 Å². The topological polar surface area (TPSA) is 65.3 Å². The Morgan fingerprint density at radius 2 is 1.74 bits per heavy atom.